The van der Waals surface area contributed by atoms with Gasteiger partial charge in [-0.15, -0.1) is 0 Å². The highest BCUT2D eigenvalue weighted by atomic mass is 16.1. The van der Waals surface area contributed by atoms with E-state index < -0.39 is 0 Å². The molecule has 0 N–H and O–H groups in total. The summed E-state index contributed by atoms with van der Waals surface area (Å²) in [6.07, 6.45) is 3.62. The molecule has 0 unspecified atom stereocenters. The fraction of sp³-hybridized carbons (Fsp3) is 0.700. The normalized spacial score (nSPS) is 25.6. The Morgan fingerprint density at radius 3 is 2.64 bits per heavy atom. The first-order chi connectivity index (χ1) is 5.11. The molecular formula is C10H16O. The molecule has 0 fully saturated rings. The summed E-state index contributed by atoms with van der Waals surface area (Å²) in [5.41, 5.74) is 1.27. The molecule has 0 aromatic heterocycles. The molecule has 62 valence electrons. The van der Waals surface area contributed by atoms with Crippen molar-refractivity contribution in [2.24, 2.45) is 11.8 Å². The number of allylic oxidation sites excluding steroid dienone is 2. The first kappa shape index (κ1) is 8.51. The van der Waals surface area contributed by atoms with Gasteiger partial charge in [-0.3, -0.25) is 4.79 Å². The van der Waals surface area contributed by atoms with Gasteiger partial charge in [0.15, 0.2) is 5.78 Å². The van der Waals surface area contributed by atoms with Crippen LogP contribution in [0.3, 0.4) is 0 Å². The van der Waals surface area contributed by atoms with Crippen LogP contribution in [0.25, 0.3) is 0 Å². The van der Waals surface area contributed by atoms with Crippen LogP contribution in [0.4, 0.5) is 0 Å². The van der Waals surface area contributed by atoms with E-state index in [2.05, 4.69) is 20.8 Å². The van der Waals surface area contributed by atoms with Gasteiger partial charge in [0.1, 0.15) is 0 Å². The van der Waals surface area contributed by atoms with E-state index in [1.54, 1.807) is 0 Å². The molecule has 1 nitrogen and oxygen atoms in total. The summed E-state index contributed by atoms with van der Waals surface area (Å²) >= 11 is 0. The van der Waals surface area contributed by atoms with Gasteiger partial charge in [0.05, 0.1) is 0 Å². The third-order valence-corrected chi connectivity index (χ3v) is 2.48. The number of hydrogen-bond acceptors (Lipinski definition) is 1. The Morgan fingerprint density at radius 1 is 1.55 bits per heavy atom. The van der Waals surface area contributed by atoms with Gasteiger partial charge in [-0.25, -0.2) is 0 Å². The largest absolute Gasteiger partial charge is 0.295 e. The predicted molar refractivity (Wildman–Crippen MR) is 46.3 cm³/mol. The summed E-state index contributed by atoms with van der Waals surface area (Å²) in [5, 5.41) is 0. The topological polar surface area (TPSA) is 17.1 Å². The summed E-state index contributed by atoms with van der Waals surface area (Å²) in [4.78, 5) is 11.0. The van der Waals surface area contributed by atoms with Crippen molar-refractivity contribution < 1.29 is 4.79 Å². The minimum absolute atomic E-state index is 0.305. The van der Waals surface area contributed by atoms with Gasteiger partial charge in [0.2, 0.25) is 0 Å². The van der Waals surface area contributed by atoms with Crippen molar-refractivity contribution in [3.63, 3.8) is 0 Å². The van der Waals surface area contributed by atoms with Crippen LogP contribution in [0.1, 0.15) is 33.6 Å². The Labute approximate surface area is 68.5 Å². The van der Waals surface area contributed by atoms with E-state index in [0.29, 0.717) is 17.6 Å². The summed E-state index contributed by atoms with van der Waals surface area (Å²) in [6, 6.07) is 0. The van der Waals surface area contributed by atoms with Crippen LogP contribution in [-0.2, 0) is 4.79 Å². The van der Waals surface area contributed by atoms with Gasteiger partial charge in [0, 0.05) is 6.42 Å². The summed E-state index contributed by atoms with van der Waals surface area (Å²) < 4.78 is 0. The highest BCUT2D eigenvalue weighted by Crippen LogP contribution is 2.28. The number of carbonyl (C=O) groups is 1. The molecule has 1 aliphatic carbocycles. The van der Waals surface area contributed by atoms with E-state index >= 15 is 0 Å². The number of hydrogen-bond donors (Lipinski definition) is 0. The lowest BCUT2D eigenvalue weighted by atomic mass is 9.81. The molecule has 0 bridgehead atoms. The first-order valence-electron chi connectivity index (χ1n) is 4.32. The van der Waals surface area contributed by atoms with Crippen LogP contribution in [0, 0.1) is 11.8 Å². The van der Waals surface area contributed by atoms with E-state index in [1.165, 1.54) is 5.57 Å². The Kier molecular flexibility index (Phi) is 2.48. The maximum atomic E-state index is 11.0. The maximum absolute atomic E-state index is 11.0. The maximum Gasteiger partial charge on any atom is 0.155 e. The Morgan fingerprint density at radius 2 is 2.18 bits per heavy atom. The van der Waals surface area contributed by atoms with Gasteiger partial charge in [-0.05, 0) is 31.3 Å². The quantitative estimate of drug-likeness (QED) is 0.564. The molecule has 1 atom stereocenters. The highest BCUT2D eigenvalue weighted by molar-refractivity contribution is 5.91. The fourth-order valence-electron chi connectivity index (χ4n) is 1.82. The first-order valence-corrected chi connectivity index (χ1v) is 4.32. The predicted octanol–water partition coefficient (Wildman–Crippen LogP) is 2.57. The molecule has 0 aliphatic heterocycles. The van der Waals surface area contributed by atoms with E-state index in [1.807, 2.05) is 6.08 Å². The molecule has 0 aromatic carbocycles. The molecule has 1 heteroatoms. The van der Waals surface area contributed by atoms with Crippen molar-refractivity contribution in [1.82, 2.24) is 0 Å². The molecule has 11 heavy (non-hydrogen) atoms. The van der Waals surface area contributed by atoms with Gasteiger partial charge < -0.3 is 0 Å². The molecule has 0 amide bonds. The molecular weight excluding hydrogens is 136 g/mol. The lowest BCUT2D eigenvalue weighted by Gasteiger charge is -2.24. The van der Waals surface area contributed by atoms with E-state index in [0.717, 1.165) is 12.8 Å². The zero-order valence-corrected chi connectivity index (χ0v) is 7.55. The fourth-order valence-corrected chi connectivity index (χ4v) is 1.82. The molecule has 0 heterocycles. The van der Waals surface area contributed by atoms with Crippen molar-refractivity contribution >= 4 is 5.78 Å². The number of ketones is 1. The van der Waals surface area contributed by atoms with E-state index in [-0.39, 0.29) is 0 Å². The number of carbonyl (C=O) groups excluding carboxylic acids is 1. The molecule has 0 aromatic rings. The minimum atomic E-state index is 0.305. The Balaban J connectivity index is 2.72. The lowest BCUT2D eigenvalue weighted by molar-refractivity contribution is -0.115. The molecule has 1 aliphatic rings. The Hall–Kier alpha value is -0.590. The number of rotatable bonds is 1. The molecule has 0 spiro atoms. The van der Waals surface area contributed by atoms with Gasteiger partial charge >= 0.3 is 0 Å². The standard InChI is InChI=1S/C10H16O/c1-7(2)10-5-4-9(11)6-8(10)3/h6-7,10H,4-5H2,1-3H3/t10-/m1/s1. The van der Waals surface area contributed by atoms with Crippen LogP contribution >= 0.6 is 0 Å². The second-order valence-corrected chi connectivity index (χ2v) is 3.74. The van der Waals surface area contributed by atoms with E-state index in [4.69, 9.17) is 0 Å². The molecule has 1 rings (SSSR count). The zero-order valence-electron chi connectivity index (χ0n) is 7.55. The van der Waals surface area contributed by atoms with Crippen molar-refractivity contribution in [1.29, 1.82) is 0 Å². The van der Waals surface area contributed by atoms with Crippen molar-refractivity contribution in [2.45, 2.75) is 33.6 Å². The van der Waals surface area contributed by atoms with Crippen LogP contribution in [0.15, 0.2) is 11.6 Å². The third kappa shape index (κ3) is 1.92. The van der Waals surface area contributed by atoms with Gasteiger partial charge in [0.25, 0.3) is 0 Å². The summed E-state index contributed by atoms with van der Waals surface area (Å²) in [5.74, 6) is 1.63. The third-order valence-electron chi connectivity index (χ3n) is 2.48. The molecule has 0 saturated heterocycles. The minimum Gasteiger partial charge on any atom is -0.295 e. The average molecular weight is 152 g/mol. The van der Waals surface area contributed by atoms with Crippen LogP contribution < -0.4 is 0 Å². The smallest absolute Gasteiger partial charge is 0.155 e. The van der Waals surface area contributed by atoms with E-state index in [9.17, 15) is 4.79 Å². The van der Waals surface area contributed by atoms with Crippen molar-refractivity contribution in [3.05, 3.63) is 11.6 Å². The second kappa shape index (κ2) is 3.21. The monoisotopic (exact) mass is 152 g/mol. The molecule has 0 saturated carbocycles. The highest BCUT2D eigenvalue weighted by Gasteiger charge is 2.20. The van der Waals surface area contributed by atoms with Gasteiger partial charge in [-0.1, -0.05) is 19.4 Å². The van der Waals surface area contributed by atoms with Crippen molar-refractivity contribution in [2.75, 3.05) is 0 Å². The summed E-state index contributed by atoms with van der Waals surface area (Å²) in [6.45, 7) is 6.51. The van der Waals surface area contributed by atoms with Crippen LogP contribution in [0.5, 0.6) is 0 Å². The SMILES string of the molecule is CC1=CC(=O)CC[C@@H]1C(C)C. The second-order valence-electron chi connectivity index (χ2n) is 3.74. The zero-order chi connectivity index (χ0) is 8.43. The lowest BCUT2D eigenvalue weighted by Crippen LogP contribution is -2.17. The van der Waals surface area contributed by atoms with Gasteiger partial charge in [-0.2, -0.15) is 0 Å². The average Bonchev–Trinajstić information content (AvgIpc) is 1.85. The summed E-state index contributed by atoms with van der Waals surface area (Å²) in [7, 11) is 0. The Bertz CT molecular complexity index is 189. The van der Waals surface area contributed by atoms with Crippen LogP contribution in [-0.4, -0.2) is 5.78 Å². The molecule has 0 radical (unpaired) electrons. The van der Waals surface area contributed by atoms with Crippen molar-refractivity contribution in [3.8, 4) is 0 Å². The van der Waals surface area contributed by atoms with Crippen LogP contribution in [0.2, 0.25) is 0 Å².